The molecule has 7 nitrogen and oxygen atoms in total. The molecule has 1 aromatic heterocycles. The van der Waals surface area contributed by atoms with Crippen LogP contribution in [-0.2, 0) is 0 Å². The molecule has 2 aromatic carbocycles. The second kappa shape index (κ2) is 9.07. The first-order valence-corrected chi connectivity index (χ1v) is 11.2. The molecule has 3 heterocycles. The number of nitrogens with one attached hydrogen (secondary N) is 1. The summed E-state index contributed by atoms with van der Waals surface area (Å²) in [4.78, 5) is 19.6. The Morgan fingerprint density at radius 2 is 1.91 bits per heavy atom. The number of aromatic nitrogens is 2. The van der Waals surface area contributed by atoms with E-state index in [-0.39, 0.29) is 34.2 Å². The summed E-state index contributed by atoms with van der Waals surface area (Å²) in [6, 6.07) is 9.22. The highest BCUT2D eigenvalue weighted by Gasteiger charge is 2.35. The molecule has 1 N–H and O–H groups in total. The second-order valence-corrected chi connectivity index (χ2v) is 8.75. The lowest BCUT2D eigenvalue weighted by Gasteiger charge is -2.35. The van der Waals surface area contributed by atoms with Crippen molar-refractivity contribution in [1.82, 2.24) is 14.9 Å². The summed E-state index contributed by atoms with van der Waals surface area (Å²) in [5, 5.41) is 12.4. The Kier molecular flexibility index (Phi) is 5.94. The Morgan fingerprint density at radius 3 is 2.63 bits per heavy atom. The largest absolute Gasteiger partial charge is 0.494 e. The predicted molar refractivity (Wildman–Crippen MR) is 123 cm³/mol. The van der Waals surface area contributed by atoms with E-state index in [1.54, 1.807) is 11.0 Å². The van der Waals surface area contributed by atoms with Gasteiger partial charge in [0.05, 0.1) is 18.4 Å². The third kappa shape index (κ3) is 4.02. The maximum absolute atomic E-state index is 15.5. The highest BCUT2D eigenvalue weighted by Crippen LogP contribution is 2.32. The van der Waals surface area contributed by atoms with Crippen LogP contribution in [0.25, 0.3) is 17.1 Å². The molecule has 2 atom stereocenters. The van der Waals surface area contributed by atoms with Gasteiger partial charge in [0.1, 0.15) is 17.7 Å². The van der Waals surface area contributed by atoms with Gasteiger partial charge in [0.15, 0.2) is 17.4 Å². The van der Waals surface area contributed by atoms with Crippen LogP contribution in [0.15, 0.2) is 41.2 Å². The van der Waals surface area contributed by atoms with Crippen molar-refractivity contribution in [2.24, 2.45) is 11.8 Å². The molecule has 0 bridgehead atoms. The lowest BCUT2D eigenvalue weighted by atomic mass is 9.89. The number of hydrogen-bond acceptors (Lipinski definition) is 6. The number of benzene rings is 2. The molecule has 2 saturated heterocycles. The second-order valence-electron chi connectivity index (χ2n) is 8.75. The summed E-state index contributed by atoms with van der Waals surface area (Å²) in [5.41, 5.74) is -1.07. The van der Waals surface area contributed by atoms with E-state index in [1.807, 2.05) is 0 Å². The van der Waals surface area contributed by atoms with Gasteiger partial charge in [-0.05, 0) is 61.7 Å². The SMILES string of the molecule is COc1ccc(-n2c(-c3ccc(C#N)c(F)c3)nc(N3CCC4CNCC4C3)c(F)c2=O)cc1F. The van der Waals surface area contributed by atoms with Gasteiger partial charge in [-0.25, -0.2) is 13.8 Å². The molecule has 2 unspecified atom stereocenters. The minimum Gasteiger partial charge on any atom is -0.494 e. The van der Waals surface area contributed by atoms with E-state index in [4.69, 9.17) is 10.00 Å². The summed E-state index contributed by atoms with van der Waals surface area (Å²) in [5.74, 6) is -2.07. The van der Waals surface area contributed by atoms with Gasteiger partial charge in [-0.3, -0.25) is 9.36 Å². The van der Waals surface area contributed by atoms with Crippen molar-refractivity contribution < 1.29 is 17.9 Å². The molecule has 5 rings (SSSR count). The average Bonchev–Trinajstić information content (AvgIpc) is 3.33. The first-order chi connectivity index (χ1) is 16.9. The summed E-state index contributed by atoms with van der Waals surface area (Å²) in [6.07, 6.45) is 0.826. The van der Waals surface area contributed by atoms with Crippen molar-refractivity contribution in [1.29, 1.82) is 5.26 Å². The number of halogens is 3. The minimum absolute atomic E-state index is 0.00437. The summed E-state index contributed by atoms with van der Waals surface area (Å²) in [6.45, 7) is 2.77. The zero-order valence-electron chi connectivity index (χ0n) is 18.9. The normalized spacial score (nSPS) is 19.3. The zero-order valence-corrected chi connectivity index (χ0v) is 18.9. The molecule has 180 valence electrons. The molecular formula is C25H22F3N5O2. The Morgan fingerprint density at radius 1 is 1.11 bits per heavy atom. The Bertz CT molecular complexity index is 1400. The van der Waals surface area contributed by atoms with Crippen LogP contribution in [0.3, 0.4) is 0 Å². The van der Waals surface area contributed by atoms with Gasteiger partial charge in [0.25, 0.3) is 5.56 Å². The van der Waals surface area contributed by atoms with Crippen LogP contribution in [0.4, 0.5) is 19.0 Å². The standard InChI is InChI=1S/C25H22F3N5O2/c1-35-21-5-4-18(9-20(21)27)33-23(14-2-3-15(10-29)19(26)8-14)31-24(22(28)25(33)34)32-7-6-16-11-30-12-17(16)13-32/h2-5,8-9,16-17,30H,6-7,11-13H2,1H3. The van der Waals surface area contributed by atoms with Crippen LogP contribution in [0.5, 0.6) is 5.75 Å². The smallest absolute Gasteiger partial charge is 0.296 e. The number of rotatable bonds is 4. The fourth-order valence-corrected chi connectivity index (χ4v) is 4.90. The van der Waals surface area contributed by atoms with Crippen molar-refractivity contribution in [3.8, 4) is 28.9 Å². The van der Waals surface area contributed by atoms with E-state index in [0.717, 1.165) is 36.2 Å². The number of ether oxygens (including phenoxy) is 1. The van der Waals surface area contributed by atoms with Crippen LogP contribution in [0, 0.1) is 40.6 Å². The molecule has 2 fully saturated rings. The van der Waals surface area contributed by atoms with Crippen molar-refractivity contribution >= 4 is 5.82 Å². The molecule has 2 aliphatic rings. The fraction of sp³-hybridized carbons (Fsp3) is 0.320. The predicted octanol–water partition coefficient (Wildman–Crippen LogP) is 3.24. The van der Waals surface area contributed by atoms with Gasteiger partial charge >= 0.3 is 0 Å². The number of nitrogens with zero attached hydrogens (tertiary/aromatic N) is 4. The minimum atomic E-state index is -1.07. The van der Waals surface area contributed by atoms with Gasteiger partial charge in [-0.2, -0.15) is 9.65 Å². The van der Waals surface area contributed by atoms with E-state index in [1.165, 1.54) is 31.4 Å². The summed E-state index contributed by atoms with van der Waals surface area (Å²) < 4.78 is 50.4. The van der Waals surface area contributed by atoms with E-state index >= 15 is 4.39 Å². The molecule has 0 saturated carbocycles. The number of methoxy groups -OCH3 is 1. The number of fused-ring (bicyclic) bond motifs is 1. The quantitative estimate of drug-likeness (QED) is 0.616. The van der Waals surface area contributed by atoms with E-state index in [0.29, 0.717) is 24.9 Å². The lowest BCUT2D eigenvalue weighted by Crippen LogP contribution is -2.42. The van der Waals surface area contributed by atoms with Crippen molar-refractivity contribution in [3.05, 3.63) is 69.8 Å². The van der Waals surface area contributed by atoms with Crippen molar-refractivity contribution in [3.63, 3.8) is 0 Å². The molecule has 0 aliphatic carbocycles. The molecule has 0 radical (unpaired) electrons. The highest BCUT2D eigenvalue weighted by atomic mass is 19.1. The molecule has 3 aromatic rings. The molecule has 0 amide bonds. The Labute approximate surface area is 199 Å². The number of piperidine rings is 1. The van der Waals surface area contributed by atoms with Crippen LogP contribution in [0.2, 0.25) is 0 Å². The zero-order chi connectivity index (χ0) is 24.7. The Hall–Kier alpha value is -3.84. The highest BCUT2D eigenvalue weighted by molar-refractivity contribution is 5.63. The fourth-order valence-electron chi connectivity index (χ4n) is 4.90. The van der Waals surface area contributed by atoms with Gasteiger partial charge in [0.2, 0.25) is 5.82 Å². The van der Waals surface area contributed by atoms with Crippen LogP contribution >= 0.6 is 0 Å². The maximum Gasteiger partial charge on any atom is 0.296 e. The monoisotopic (exact) mass is 481 g/mol. The van der Waals surface area contributed by atoms with Gasteiger partial charge in [-0.1, -0.05) is 0 Å². The summed E-state index contributed by atoms with van der Waals surface area (Å²) >= 11 is 0. The van der Waals surface area contributed by atoms with Gasteiger partial charge in [-0.15, -0.1) is 0 Å². The van der Waals surface area contributed by atoms with Crippen LogP contribution < -0.4 is 20.5 Å². The van der Waals surface area contributed by atoms with Gasteiger partial charge < -0.3 is 15.0 Å². The van der Waals surface area contributed by atoms with Crippen LogP contribution in [-0.4, -0.2) is 42.8 Å². The average molecular weight is 481 g/mol. The van der Waals surface area contributed by atoms with E-state index < -0.39 is 23.0 Å². The summed E-state index contributed by atoms with van der Waals surface area (Å²) in [7, 11) is 1.30. The topological polar surface area (TPSA) is 83.2 Å². The molecule has 10 heteroatoms. The molecule has 35 heavy (non-hydrogen) atoms. The first-order valence-electron chi connectivity index (χ1n) is 11.2. The third-order valence-corrected chi connectivity index (χ3v) is 6.76. The molecule has 2 aliphatic heterocycles. The molecule has 0 spiro atoms. The lowest BCUT2D eigenvalue weighted by molar-refractivity contribution is 0.345. The number of hydrogen-bond donors (Lipinski definition) is 1. The third-order valence-electron chi connectivity index (χ3n) is 6.76. The van der Waals surface area contributed by atoms with E-state index in [2.05, 4.69) is 10.3 Å². The molecular weight excluding hydrogens is 459 g/mol. The first kappa shape index (κ1) is 22.9. The van der Waals surface area contributed by atoms with Crippen molar-refractivity contribution in [2.45, 2.75) is 6.42 Å². The number of anilines is 1. The van der Waals surface area contributed by atoms with Crippen molar-refractivity contribution in [2.75, 3.05) is 38.2 Å². The Balaban J connectivity index is 1.70. The number of nitriles is 1. The maximum atomic E-state index is 15.5. The van der Waals surface area contributed by atoms with Crippen LogP contribution in [0.1, 0.15) is 12.0 Å². The van der Waals surface area contributed by atoms with E-state index in [9.17, 15) is 13.6 Å². The van der Waals surface area contributed by atoms with Gasteiger partial charge in [0, 0.05) is 24.7 Å².